The van der Waals surface area contributed by atoms with Gasteiger partial charge in [0.2, 0.25) is 5.91 Å². The Hall–Kier alpha value is -3.95. The maximum atomic E-state index is 12.8. The van der Waals surface area contributed by atoms with E-state index >= 15 is 0 Å². The molecule has 0 aliphatic carbocycles. The van der Waals surface area contributed by atoms with Crippen LogP contribution < -0.4 is 5.32 Å². The van der Waals surface area contributed by atoms with Gasteiger partial charge in [-0.25, -0.2) is 9.59 Å². The number of hydrogen-bond acceptors (Lipinski definition) is 6. The molecule has 168 valence electrons. The molecule has 2 atom stereocenters. The Morgan fingerprint density at radius 2 is 1.84 bits per heavy atom. The highest BCUT2D eigenvalue weighted by Gasteiger charge is 2.37. The molecule has 1 aliphatic rings. The fourth-order valence-electron chi connectivity index (χ4n) is 3.61. The minimum atomic E-state index is -1.38. The first-order chi connectivity index (χ1) is 15.4. The third-order valence-corrected chi connectivity index (χ3v) is 5.22. The Labute approximate surface area is 183 Å². The summed E-state index contributed by atoms with van der Waals surface area (Å²) in [6.45, 7) is 0.369. The number of nitrogens with one attached hydrogen (secondary N) is 1. The maximum absolute atomic E-state index is 12.8. The summed E-state index contributed by atoms with van der Waals surface area (Å²) in [7, 11) is 0. The largest absolute Gasteiger partial charge is 0.480 e. The number of carbonyl (C=O) groups is 3. The SMILES string of the molecule is O=C(O)[C@H](Cc1ccccc1[N+](=O)[O-])NC(=O)[C@H]1CCCN1C(=O)OCc1ccccc1. The number of hydrogen-bond donors (Lipinski definition) is 2. The molecular formula is C22H23N3O7. The molecule has 2 N–H and O–H groups in total. The van der Waals surface area contributed by atoms with Crippen molar-refractivity contribution in [2.24, 2.45) is 0 Å². The van der Waals surface area contributed by atoms with Gasteiger partial charge in [-0.05, 0) is 18.4 Å². The smallest absolute Gasteiger partial charge is 0.410 e. The highest BCUT2D eigenvalue weighted by atomic mass is 16.6. The third-order valence-electron chi connectivity index (χ3n) is 5.22. The molecule has 1 aliphatic heterocycles. The highest BCUT2D eigenvalue weighted by Crippen LogP contribution is 2.21. The minimum absolute atomic E-state index is 0.0555. The second kappa shape index (κ2) is 10.4. The van der Waals surface area contributed by atoms with Gasteiger partial charge in [0.15, 0.2) is 0 Å². The predicted molar refractivity (Wildman–Crippen MR) is 113 cm³/mol. The molecule has 1 saturated heterocycles. The van der Waals surface area contributed by atoms with Gasteiger partial charge < -0.3 is 15.2 Å². The van der Waals surface area contributed by atoms with Crippen molar-refractivity contribution in [2.75, 3.05) is 6.54 Å². The summed E-state index contributed by atoms with van der Waals surface area (Å²) in [6, 6.07) is 12.6. The molecule has 10 nitrogen and oxygen atoms in total. The molecule has 1 fully saturated rings. The lowest BCUT2D eigenvalue weighted by Crippen LogP contribution is -2.51. The van der Waals surface area contributed by atoms with E-state index in [1.807, 2.05) is 30.3 Å². The van der Waals surface area contributed by atoms with Crippen molar-refractivity contribution in [3.8, 4) is 0 Å². The molecule has 3 rings (SSSR count). The Morgan fingerprint density at radius 3 is 2.53 bits per heavy atom. The summed E-state index contributed by atoms with van der Waals surface area (Å²) in [6.07, 6.45) is 0.0190. The van der Waals surface area contributed by atoms with Crippen LogP contribution in [0.4, 0.5) is 10.5 Å². The van der Waals surface area contributed by atoms with Crippen LogP contribution in [0.5, 0.6) is 0 Å². The number of carboxylic acid groups (broad SMARTS) is 1. The first-order valence-electron chi connectivity index (χ1n) is 10.1. The number of nitro benzene ring substituents is 1. The van der Waals surface area contributed by atoms with E-state index in [9.17, 15) is 29.6 Å². The molecule has 1 heterocycles. The molecule has 2 aromatic rings. The number of carboxylic acids is 1. The number of rotatable bonds is 8. The van der Waals surface area contributed by atoms with Gasteiger partial charge in [-0.2, -0.15) is 0 Å². The van der Waals surface area contributed by atoms with Crippen molar-refractivity contribution in [3.05, 3.63) is 75.8 Å². The van der Waals surface area contributed by atoms with Gasteiger partial charge >= 0.3 is 12.1 Å². The quantitative estimate of drug-likeness (QED) is 0.474. The van der Waals surface area contributed by atoms with E-state index in [1.165, 1.54) is 23.1 Å². The maximum Gasteiger partial charge on any atom is 0.410 e. The summed E-state index contributed by atoms with van der Waals surface area (Å²) in [5.74, 6) is -1.96. The zero-order chi connectivity index (χ0) is 23.1. The van der Waals surface area contributed by atoms with E-state index in [-0.39, 0.29) is 24.3 Å². The summed E-state index contributed by atoms with van der Waals surface area (Å²) in [5, 5.41) is 23.2. The normalized spacial score (nSPS) is 16.2. The van der Waals surface area contributed by atoms with Gasteiger partial charge in [-0.1, -0.05) is 48.5 Å². The number of benzene rings is 2. The van der Waals surface area contributed by atoms with E-state index in [2.05, 4.69) is 5.32 Å². The van der Waals surface area contributed by atoms with Gasteiger partial charge in [-0.15, -0.1) is 0 Å². The zero-order valence-electron chi connectivity index (χ0n) is 17.2. The van der Waals surface area contributed by atoms with Gasteiger partial charge in [0.25, 0.3) is 5.69 Å². The number of amides is 2. The van der Waals surface area contributed by atoms with Gasteiger partial charge in [0.1, 0.15) is 18.7 Å². The highest BCUT2D eigenvalue weighted by molar-refractivity contribution is 5.89. The lowest BCUT2D eigenvalue weighted by Gasteiger charge is -2.25. The number of likely N-dealkylation sites (tertiary alicyclic amines) is 1. The van der Waals surface area contributed by atoms with E-state index in [1.54, 1.807) is 6.07 Å². The topological polar surface area (TPSA) is 139 Å². The van der Waals surface area contributed by atoms with Gasteiger partial charge in [-0.3, -0.25) is 19.8 Å². The van der Waals surface area contributed by atoms with Crippen LogP contribution in [0.1, 0.15) is 24.0 Å². The van der Waals surface area contributed by atoms with Crippen LogP contribution in [-0.4, -0.2) is 51.5 Å². The van der Waals surface area contributed by atoms with Crippen LogP contribution in [0.3, 0.4) is 0 Å². The van der Waals surface area contributed by atoms with Crippen LogP contribution >= 0.6 is 0 Å². The number of carbonyl (C=O) groups excluding carboxylic acids is 2. The summed E-state index contributed by atoms with van der Waals surface area (Å²) in [5.41, 5.74) is 0.771. The number of ether oxygens (including phenoxy) is 1. The summed E-state index contributed by atoms with van der Waals surface area (Å²) < 4.78 is 5.30. The van der Waals surface area contributed by atoms with Crippen molar-refractivity contribution in [2.45, 2.75) is 38.0 Å². The Balaban J connectivity index is 1.64. The monoisotopic (exact) mass is 441 g/mol. The number of nitrogens with zero attached hydrogens (tertiary/aromatic N) is 2. The molecule has 0 bridgehead atoms. The zero-order valence-corrected chi connectivity index (χ0v) is 17.2. The van der Waals surface area contributed by atoms with Crippen molar-refractivity contribution in [1.29, 1.82) is 0 Å². The predicted octanol–water partition coefficient (Wildman–Crippen LogP) is 2.51. The van der Waals surface area contributed by atoms with E-state index in [0.717, 1.165) is 5.56 Å². The number of aliphatic carboxylic acids is 1. The first-order valence-corrected chi connectivity index (χ1v) is 10.1. The lowest BCUT2D eigenvalue weighted by molar-refractivity contribution is -0.385. The fourth-order valence-corrected chi connectivity index (χ4v) is 3.61. The molecule has 2 amide bonds. The molecule has 0 radical (unpaired) electrons. The fraction of sp³-hybridized carbons (Fsp3) is 0.318. The average Bonchev–Trinajstić information content (AvgIpc) is 3.28. The number of para-hydroxylation sites is 1. The first kappa shape index (κ1) is 22.7. The minimum Gasteiger partial charge on any atom is -0.480 e. The van der Waals surface area contributed by atoms with Crippen LogP contribution in [0.2, 0.25) is 0 Å². The van der Waals surface area contributed by atoms with E-state index < -0.39 is 35.0 Å². The summed E-state index contributed by atoms with van der Waals surface area (Å²) >= 11 is 0. The van der Waals surface area contributed by atoms with Crippen molar-refractivity contribution >= 4 is 23.7 Å². The Bertz CT molecular complexity index is 996. The number of nitro groups is 1. The van der Waals surface area contributed by atoms with Gasteiger partial charge in [0.05, 0.1) is 4.92 Å². The molecule has 0 saturated carbocycles. The second-order valence-electron chi connectivity index (χ2n) is 7.38. The molecular weight excluding hydrogens is 418 g/mol. The molecule has 2 aromatic carbocycles. The average molecular weight is 441 g/mol. The van der Waals surface area contributed by atoms with Crippen molar-refractivity contribution in [1.82, 2.24) is 10.2 Å². The third kappa shape index (κ3) is 5.60. The second-order valence-corrected chi connectivity index (χ2v) is 7.38. The lowest BCUT2D eigenvalue weighted by atomic mass is 10.0. The molecule has 0 spiro atoms. The standard InChI is InChI=1S/C22H23N3O7/c26-20(23-17(21(27)28)13-16-9-4-5-10-18(16)25(30)31)19-11-6-12-24(19)22(29)32-14-15-7-2-1-3-8-15/h1-5,7-10,17,19H,6,11-14H2,(H,23,26)(H,27,28)/t17-,19+/m0/s1. The van der Waals surface area contributed by atoms with Crippen molar-refractivity contribution in [3.63, 3.8) is 0 Å². The van der Waals surface area contributed by atoms with Crippen LogP contribution in [-0.2, 0) is 27.4 Å². The van der Waals surface area contributed by atoms with Crippen LogP contribution in [0.15, 0.2) is 54.6 Å². The Kier molecular flexibility index (Phi) is 7.37. The molecule has 0 unspecified atom stereocenters. The summed E-state index contributed by atoms with van der Waals surface area (Å²) in [4.78, 5) is 48.9. The Morgan fingerprint density at radius 1 is 1.16 bits per heavy atom. The molecule has 10 heteroatoms. The van der Waals surface area contributed by atoms with Crippen molar-refractivity contribution < 1.29 is 29.2 Å². The van der Waals surface area contributed by atoms with E-state index in [0.29, 0.717) is 19.4 Å². The van der Waals surface area contributed by atoms with Gasteiger partial charge in [0, 0.05) is 24.6 Å². The van der Waals surface area contributed by atoms with Crippen LogP contribution in [0.25, 0.3) is 0 Å². The van der Waals surface area contributed by atoms with E-state index in [4.69, 9.17) is 4.74 Å². The molecule has 0 aromatic heterocycles. The molecule has 32 heavy (non-hydrogen) atoms. The van der Waals surface area contributed by atoms with Crippen LogP contribution in [0, 0.1) is 10.1 Å².